The Labute approximate surface area is 243 Å². The average Bonchev–Trinajstić information content (AvgIpc) is 2.89. The highest BCUT2D eigenvalue weighted by molar-refractivity contribution is 5.77. The first-order valence-corrected chi connectivity index (χ1v) is 14.0. The molecule has 0 heterocycles. The molecule has 0 aliphatic heterocycles. The first-order chi connectivity index (χ1) is 19.5. The summed E-state index contributed by atoms with van der Waals surface area (Å²) < 4.78 is 79.6. The Balaban J connectivity index is 2.05. The predicted molar refractivity (Wildman–Crippen MR) is 152 cm³/mol. The van der Waals surface area contributed by atoms with Gasteiger partial charge in [-0.1, -0.05) is 70.2 Å². The number of carboxylic acid groups (broad SMARTS) is 1. The van der Waals surface area contributed by atoms with Crippen LogP contribution < -0.4 is 0 Å². The summed E-state index contributed by atoms with van der Waals surface area (Å²) in [4.78, 5) is 14.3. The molecule has 3 nitrogen and oxygen atoms in total. The average molecular weight is 594 g/mol. The standard InChI is InChI=1S/C33H37F6NO2/c1-21(2)12-13-40(19-23-6-5-7-29(17-23)33(37,38)39)20-24-15-26(25-8-10-28(11-9-25)32(34,35)36)18-27(16-24)30(31(41)42)14-22(3)4/h5-11,15-18,21-22,30H,12-14,19-20H2,1-4H3,(H,41,42). The van der Waals surface area contributed by atoms with Gasteiger partial charge in [0.05, 0.1) is 17.0 Å². The number of halogens is 6. The van der Waals surface area contributed by atoms with E-state index in [1.54, 1.807) is 18.2 Å². The Kier molecular flexibility index (Phi) is 10.9. The van der Waals surface area contributed by atoms with Crippen LogP contribution in [-0.2, 0) is 30.2 Å². The zero-order valence-electron chi connectivity index (χ0n) is 24.2. The number of nitrogens with zero attached hydrogens (tertiary/aromatic N) is 1. The van der Waals surface area contributed by atoms with Gasteiger partial charge in [-0.05, 0) is 83.3 Å². The predicted octanol–water partition coefficient (Wildman–Crippen LogP) is 9.65. The van der Waals surface area contributed by atoms with Gasteiger partial charge in [0.1, 0.15) is 0 Å². The Morgan fingerprint density at radius 1 is 0.738 bits per heavy atom. The van der Waals surface area contributed by atoms with Crippen LogP contribution in [0.3, 0.4) is 0 Å². The van der Waals surface area contributed by atoms with Crippen molar-refractivity contribution in [3.8, 4) is 11.1 Å². The molecule has 9 heteroatoms. The molecule has 1 atom stereocenters. The van der Waals surface area contributed by atoms with Gasteiger partial charge < -0.3 is 5.11 Å². The number of carbonyl (C=O) groups is 1. The minimum Gasteiger partial charge on any atom is -0.481 e. The molecule has 0 amide bonds. The molecule has 0 fully saturated rings. The number of carboxylic acids is 1. The molecule has 0 radical (unpaired) electrons. The molecule has 228 valence electrons. The van der Waals surface area contributed by atoms with Crippen molar-refractivity contribution in [2.24, 2.45) is 11.8 Å². The summed E-state index contributed by atoms with van der Waals surface area (Å²) in [6, 6.07) is 15.2. The van der Waals surface area contributed by atoms with Crippen molar-refractivity contribution >= 4 is 5.97 Å². The van der Waals surface area contributed by atoms with Crippen LogP contribution in [0.1, 0.15) is 74.3 Å². The summed E-state index contributed by atoms with van der Waals surface area (Å²) in [6.45, 7) is 9.08. The van der Waals surface area contributed by atoms with Crippen LogP contribution in [0.25, 0.3) is 11.1 Å². The fourth-order valence-electron chi connectivity index (χ4n) is 4.90. The van der Waals surface area contributed by atoms with Gasteiger partial charge in [-0.15, -0.1) is 0 Å². The number of aliphatic carboxylic acids is 1. The van der Waals surface area contributed by atoms with Crippen molar-refractivity contribution in [1.82, 2.24) is 4.90 Å². The maximum Gasteiger partial charge on any atom is 0.416 e. The lowest BCUT2D eigenvalue weighted by atomic mass is 9.87. The van der Waals surface area contributed by atoms with Gasteiger partial charge in [-0.2, -0.15) is 26.3 Å². The van der Waals surface area contributed by atoms with Gasteiger partial charge in [0.2, 0.25) is 0 Å². The molecule has 3 aromatic rings. The Bertz CT molecular complexity index is 1330. The van der Waals surface area contributed by atoms with Crippen LogP contribution in [0.4, 0.5) is 26.3 Å². The van der Waals surface area contributed by atoms with E-state index in [2.05, 4.69) is 13.8 Å². The summed E-state index contributed by atoms with van der Waals surface area (Å²) in [5.74, 6) is -1.41. The van der Waals surface area contributed by atoms with Gasteiger partial charge in [-0.3, -0.25) is 9.69 Å². The molecule has 0 aromatic heterocycles. The molecule has 42 heavy (non-hydrogen) atoms. The number of alkyl halides is 6. The first-order valence-electron chi connectivity index (χ1n) is 14.0. The van der Waals surface area contributed by atoms with E-state index in [1.165, 1.54) is 18.2 Å². The van der Waals surface area contributed by atoms with Crippen LogP contribution in [0, 0.1) is 11.8 Å². The molecule has 0 bridgehead atoms. The summed E-state index contributed by atoms with van der Waals surface area (Å²) >= 11 is 0. The van der Waals surface area contributed by atoms with Gasteiger partial charge in [-0.25, -0.2) is 0 Å². The summed E-state index contributed by atoms with van der Waals surface area (Å²) in [5.41, 5.74) is 1.33. The Morgan fingerprint density at radius 2 is 1.36 bits per heavy atom. The molecule has 0 aliphatic carbocycles. The molecular weight excluding hydrogens is 556 g/mol. The highest BCUT2D eigenvalue weighted by Gasteiger charge is 2.31. The molecule has 0 spiro atoms. The highest BCUT2D eigenvalue weighted by Crippen LogP contribution is 2.34. The smallest absolute Gasteiger partial charge is 0.416 e. The third-order valence-corrected chi connectivity index (χ3v) is 7.06. The largest absolute Gasteiger partial charge is 0.481 e. The van der Waals surface area contributed by atoms with Crippen LogP contribution in [0.5, 0.6) is 0 Å². The SMILES string of the molecule is CC(C)CCN(Cc1cc(-c2ccc(C(F)(F)F)cc2)cc(C(CC(C)C)C(=O)O)c1)Cc1cccc(C(F)(F)F)c1. The monoisotopic (exact) mass is 593 g/mol. The van der Waals surface area contributed by atoms with E-state index in [-0.39, 0.29) is 12.5 Å². The van der Waals surface area contributed by atoms with E-state index in [4.69, 9.17) is 0 Å². The zero-order valence-corrected chi connectivity index (χ0v) is 24.2. The third kappa shape index (κ3) is 9.61. The van der Waals surface area contributed by atoms with E-state index in [0.29, 0.717) is 47.7 Å². The van der Waals surface area contributed by atoms with Crippen molar-refractivity contribution in [1.29, 1.82) is 0 Å². The van der Waals surface area contributed by atoms with E-state index in [0.717, 1.165) is 36.2 Å². The Hall–Kier alpha value is -3.33. The second kappa shape index (κ2) is 13.8. The molecule has 0 aliphatic rings. The zero-order chi connectivity index (χ0) is 31.2. The third-order valence-electron chi connectivity index (χ3n) is 7.06. The maximum absolute atomic E-state index is 13.4. The van der Waals surface area contributed by atoms with Gasteiger partial charge in [0, 0.05) is 13.1 Å². The second-order valence-electron chi connectivity index (χ2n) is 11.7. The molecule has 0 saturated carbocycles. The van der Waals surface area contributed by atoms with Crippen molar-refractivity contribution in [2.45, 2.75) is 71.9 Å². The first kappa shape index (κ1) is 33.2. The summed E-state index contributed by atoms with van der Waals surface area (Å²) in [6.07, 6.45) is -7.80. The van der Waals surface area contributed by atoms with E-state index in [9.17, 15) is 36.2 Å². The van der Waals surface area contributed by atoms with Gasteiger partial charge in [0.15, 0.2) is 0 Å². The van der Waals surface area contributed by atoms with Gasteiger partial charge >= 0.3 is 18.3 Å². The van der Waals surface area contributed by atoms with Crippen LogP contribution in [0.15, 0.2) is 66.7 Å². The van der Waals surface area contributed by atoms with E-state index < -0.39 is 35.4 Å². The van der Waals surface area contributed by atoms with Crippen molar-refractivity contribution < 1.29 is 36.2 Å². The van der Waals surface area contributed by atoms with E-state index in [1.807, 2.05) is 24.8 Å². The molecule has 1 unspecified atom stereocenters. The van der Waals surface area contributed by atoms with Gasteiger partial charge in [0.25, 0.3) is 0 Å². The number of benzene rings is 3. The minimum absolute atomic E-state index is 0.0766. The quantitative estimate of drug-likeness (QED) is 0.213. The molecule has 1 N–H and O–H groups in total. The van der Waals surface area contributed by atoms with Crippen LogP contribution >= 0.6 is 0 Å². The normalized spacial score (nSPS) is 13.3. The lowest BCUT2D eigenvalue weighted by Crippen LogP contribution is -2.25. The molecule has 3 aromatic carbocycles. The van der Waals surface area contributed by atoms with E-state index >= 15 is 0 Å². The summed E-state index contributed by atoms with van der Waals surface area (Å²) in [5, 5.41) is 10.0. The van der Waals surface area contributed by atoms with Crippen molar-refractivity contribution in [3.05, 3.63) is 94.5 Å². The lowest BCUT2D eigenvalue weighted by Gasteiger charge is -2.25. The van der Waals surface area contributed by atoms with Crippen molar-refractivity contribution in [2.75, 3.05) is 6.54 Å². The van der Waals surface area contributed by atoms with Crippen LogP contribution in [0.2, 0.25) is 0 Å². The maximum atomic E-state index is 13.4. The van der Waals surface area contributed by atoms with Crippen molar-refractivity contribution in [3.63, 3.8) is 0 Å². The highest BCUT2D eigenvalue weighted by atomic mass is 19.4. The number of hydrogen-bond acceptors (Lipinski definition) is 2. The lowest BCUT2D eigenvalue weighted by molar-refractivity contribution is -0.139. The number of rotatable bonds is 12. The molecule has 0 saturated heterocycles. The second-order valence-corrected chi connectivity index (χ2v) is 11.7. The topological polar surface area (TPSA) is 40.5 Å². The molecule has 3 rings (SSSR count). The minimum atomic E-state index is -4.49. The summed E-state index contributed by atoms with van der Waals surface area (Å²) in [7, 11) is 0. The Morgan fingerprint density at radius 3 is 1.90 bits per heavy atom. The fraction of sp³-hybridized carbons (Fsp3) is 0.424. The molecular formula is C33H37F6NO2. The fourth-order valence-corrected chi connectivity index (χ4v) is 4.90. The number of hydrogen-bond donors (Lipinski definition) is 1. The van der Waals surface area contributed by atoms with Crippen LogP contribution in [-0.4, -0.2) is 22.5 Å².